The Kier molecular flexibility index (Phi) is 5.54. The normalized spacial score (nSPS) is 14.3. The van der Waals surface area contributed by atoms with Crippen molar-refractivity contribution in [1.82, 2.24) is 5.32 Å². The van der Waals surface area contributed by atoms with Crippen molar-refractivity contribution in [2.75, 3.05) is 13.1 Å². The molecular weight excluding hydrogens is 236 g/mol. The second kappa shape index (κ2) is 6.69. The van der Waals surface area contributed by atoms with Gasteiger partial charge in [0.15, 0.2) is 17.4 Å². The monoisotopic (exact) mass is 257 g/mol. The van der Waals surface area contributed by atoms with Gasteiger partial charge >= 0.3 is 0 Å². The average molecular weight is 257 g/mol. The number of hydrogen-bond acceptors (Lipinski definition) is 2. The first-order valence-electron chi connectivity index (χ1n) is 6.36. The van der Waals surface area contributed by atoms with Crippen LogP contribution in [-0.2, 0) is 0 Å². The number of para-hydroxylation sites is 1. The van der Waals surface area contributed by atoms with Crippen LogP contribution in [0.1, 0.15) is 33.6 Å². The molecule has 0 saturated carbocycles. The standard InChI is InChI=1S/C14H21F2NO/c1-4-9-17-10-14(3,5-2)18-13-11(15)7-6-8-12(13)16/h6-8,17H,4-5,9-10H2,1-3H3. The summed E-state index contributed by atoms with van der Waals surface area (Å²) in [7, 11) is 0. The second-order valence-corrected chi connectivity index (χ2v) is 4.63. The van der Waals surface area contributed by atoms with Crippen molar-refractivity contribution in [3.63, 3.8) is 0 Å². The van der Waals surface area contributed by atoms with Crippen LogP contribution in [0, 0.1) is 11.6 Å². The van der Waals surface area contributed by atoms with Gasteiger partial charge in [-0.05, 0) is 38.4 Å². The van der Waals surface area contributed by atoms with Crippen LogP contribution in [0.5, 0.6) is 5.75 Å². The van der Waals surface area contributed by atoms with Crippen LogP contribution in [0.3, 0.4) is 0 Å². The molecule has 4 heteroatoms. The minimum absolute atomic E-state index is 0.292. The summed E-state index contributed by atoms with van der Waals surface area (Å²) < 4.78 is 32.6. The van der Waals surface area contributed by atoms with Crippen LogP contribution in [0.2, 0.25) is 0 Å². The van der Waals surface area contributed by atoms with Crippen LogP contribution in [0.15, 0.2) is 18.2 Å². The summed E-state index contributed by atoms with van der Waals surface area (Å²) in [4.78, 5) is 0. The Morgan fingerprint density at radius 1 is 1.22 bits per heavy atom. The van der Waals surface area contributed by atoms with Gasteiger partial charge in [0.25, 0.3) is 0 Å². The quantitative estimate of drug-likeness (QED) is 0.755. The molecule has 1 N–H and O–H groups in total. The lowest BCUT2D eigenvalue weighted by Crippen LogP contribution is -2.43. The van der Waals surface area contributed by atoms with Crippen molar-refractivity contribution in [1.29, 1.82) is 0 Å². The van der Waals surface area contributed by atoms with Gasteiger partial charge < -0.3 is 10.1 Å². The molecule has 102 valence electrons. The van der Waals surface area contributed by atoms with E-state index < -0.39 is 17.2 Å². The van der Waals surface area contributed by atoms with Gasteiger partial charge in [0, 0.05) is 6.54 Å². The van der Waals surface area contributed by atoms with Crippen LogP contribution in [0.4, 0.5) is 8.78 Å². The summed E-state index contributed by atoms with van der Waals surface area (Å²) in [6.45, 7) is 7.27. The maximum absolute atomic E-state index is 13.5. The molecule has 0 heterocycles. The number of halogens is 2. The van der Waals surface area contributed by atoms with Gasteiger partial charge in [0.05, 0.1) is 0 Å². The van der Waals surface area contributed by atoms with E-state index >= 15 is 0 Å². The molecule has 18 heavy (non-hydrogen) atoms. The molecule has 1 rings (SSSR count). The van der Waals surface area contributed by atoms with E-state index in [4.69, 9.17) is 4.74 Å². The van der Waals surface area contributed by atoms with E-state index in [1.807, 2.05) is 13.8 Å². The Balaban J connectivity index is 2.78. The molecule has 0 aliphatic heterocycles. The molecular formula is C14H21F2NO. The lowest BCUT2D eigenvalue weighted by atomic mass is 10.0. The van der Waals surface area contributed by atoms with Gasteiger partial charge in [-0.2, -0.15) is 0 Å². The molecule has 1 aromatic carbocycles. The highest BCUT2D eigenvalue weighted by Gasteiger charge is 2.26. The Morgan fingerprint density at radius 2 is 1.83 bits per heavy atom. The van der Waals surface area contributed by atoms with Gasteiger partial charge in [-0.1, -0.05) is 19.9 Å². The summed E-state index contributed by atoms with van der Waals surface area (Å²) in [5, 5.41) is 3.22. The van der Waals surface area contributed by atoms with Crippen molar-refractivity contribution in [3.8, 4) is 5.75 Å². The topological polar surface area (TPSA) is 21.3 Å². The van der Waals surface area contributed by atoms with Gasteiger partial charge in [-0.25, -0.2) is 8.78 Å². The minimum Gasteiger partial charge on any atom is -0.480 e. The summed E-state index contributed by atoms with van der Waals surface area (Å²) in [6.07, 6.45) is 1.67. The fourth-order valence-electron chi connectivity index (χ4n) is 1.59. The predicted molar refractivity (Wildman–Crippen MR) is 68.8 cm³/mol. The summed E-state index contributed by atoms with van der Waals surface area (Å²) >= 11 is 0. The van der Waals surface area contributed by atoms with Crippen LogP contribution >= 0.6 is 0 Å². The smallest absolute Gasteiger partial charge is 0.191 e. The van der Waals surface area contributed by atoms with E-state index in [2.05, 4.69) is 12.2 Å². The molecule has 0 radical (unpaired) electrons. The number of ether oxygens (including phenoxy) is 1. The lowest BCUT2D eigenvalue weighted by Gasteiger charge is -2.30. The molecule has 1 aromatic rings. The van der Waals surface area contributed by atoms with E-state index in [1.54, 1.807) is 0 Å². The molecule has 0 fully saturated rings. The SMILES string of the molecule is CCCNCC(C)(CC)Oc1c(F)cccc1F. The van der Waals surface area contributed by atoms with E-state index in [1.165, 1.54) is 18.2 Å². The first kappa shape index (κ1) is 14.9. The molecule has 0 saturated heterocycles. The molecule has 2 nitrogen and oxygen atoms in total. The Bertz CT molecular complexity index is 364. The first-order valence-corrected chi connectivity index (χ1v) is 6.36. The number of benzene rings is 1. The average Bonchev–Trinajstić information content (AvgIpc) is 2.35. The number of rotatable bonds is 7. The third kappa shape index (κ3) is 3.95. The van der Waals surface area contributed by atoms with Crippen LogP contribution < -0.4 is 10.1 Å². The highest BCUT2D eigenvalue weighted by atomic mass is 19.1. The van der Waals surface area contributed by atoms with Crippen molar-refractivity contribution in [2.24, 2.45) is 0 Å². The fraction of sp³-hybridized carbons (Fsp3) is 0.571. The Labute approximate surface area is 107 Å². The third-order valence-corrected chi connectivity index (χ3v) is 2.94. The molecule has 0 aliphatic rings. The van der Waals surface area contributed by atoms with Crippen LogP contribution in [0.25, 0.3) is 0 Å². The maximum atomic E-state index is 13.5. The largest absolute Gasteiger partial charge is 0.480 e. The molecule has 0 aliphatic carbocycles. The number of hydrogen-bond donors (Lipinski definition) is 1. The summed E-state index contributed by atoms with van der Waals surface area (Å²) in [6, 6.07) is 3.73. The number of nitrogens with one attached hydrogen (secondary N) is 1. The Hall–Kier alpha value is -1.16. The molecule has 1 unspecified atom stereocenters. The van der Waals surface area contributed by atoms with Crippen molar-refractivity contribution >= 4 is 0 Å². The molecule has 0 amide bonds. The zero-order valence-electron chi connectivity index (χ0n) is 11.2. The predicted octanol–water partition coefficient (Wildman–Crippen LogP) is 3.51. The van der Waals surface area contributed by atoms with Gasteiger partial charge in [-0.3, -0.25) is 0 Å². The van der Waals surface area contributed by atoms with Gasteiger partial charge in [-0.15, -0.1) is 0 Å². The molecule has 0 bridgehead atoms. The van der Waals surface area contributed by atoms with Crippen molar-refractivity contribution in [2.45, 2.75) is 39.2 Å². The second-order valence-electron chi connectivity index (χ2n) is 4.63. The van der Waals surface area contributed by atoms with Gasteiger partial charge in [0.2, 0.25) is 0 Å². The van der Waals surface area contributed by atoms with E-state index in [0.717, 1.165) is 13.0 Å². The molecule has 0 spiro atoms. The Morgan fingerprint density at radius 3 is 2.33 bits per heavy atom. The highest BCUT2D eigenvalue weighted by molar-refractivity contribution is 5.26. The first-order chi connectivity index (χ1) is 8.52. The van der Waals surface area contributed by atoms with Crippen molar-refractivity contribution < 1.29 is 13.5 Å². The zero-order chi connectivity index (χ0) is 13.6. The third-order valence-electron chi connectivity index (χ3n) is 2.94. The molecule has 0 aromatic heterocycles. The van der Waals surface area contributed by atoms with Crippen molar-refractivity contribution in [3.05, 3.63) is 29.8 Å². The lowest BCUT2D eigenvalue weighted by molar-refractivity contribution is 0.0736. The van der Waals surface area contributed by atoms with Gasteiger partial charge in [0.1, 0.15) is 5.60 Å². The van der Waals surface area contributed by atoms with Crippen LogP contribution in [-0.4, -0.2) is 18.7 Å². The van der Waals surface area contributed by atoms with E-state index in [0.29, 0.717) is 13.0 Å². The summed E-state index contributed by atoms with van der Waals surface area (Å²) in [5.41, 5.74) is -0.613. The van der Waals surface area contributed by atoms with E-state index in [-0.39, 0.29) is 5.75 Å². The zero-order valence-corrected chi connectivity index (χ0v) is 11.2. The highest BCUT2D eigenvalue weighted by Crippen LogP contribution is 2.26. The fourth-order valence-corrected chi connectivity index (χ4v) is 1.59. The maximum Gasteiger partial charge on any atom is 0.191 e. The minimum atomic E-state index is -0.662. The van der Waals surface area contributed by atoms with E-state index in [9.17, 15) is 8.78 Å². The summed E-state index contributed by atoms with van der Waals surface area (Å²) in [5.74, 6) is -1.62. The molecule has 1 atom stereocenters.